The molecule has 1 aromatic rings. The molecule has 0 spiro atoms. The molecule has 118 valence electrons. The van der Waals surface area contributed by atoms with Gasteiger partial charge in [-0.3, -0.25) is 0 Å². The largest absolute Gasteiger partial charge is 0.316 e. The summed E-state index contributed by atoms with van der Waals surface area (Å²) < 4.78 is 49.8. The molecule has 0 bridgehead atoms. The Morgan fingerprint density at radius 1 is 1.38 bits per heavy atom. The van der Waals surface area contributed by atoms with Crippen molar-refractivity contribution in [3.8, 4) is 0 Å². The summed E-state index contributed by atoms with van der Waals surface area (Å²) in [5.74, 6) is -0.130. The predicted octanol–water partition coefficient (Wildman–Crippen LogP) is 0.525. The standard InChI is InChI=1S/C12H17ClN2O4S2/c1-14-7-9-6-11(2-3-12(9)13)21(18,19)15-10-4-5-20(16,17)8-10/h2-3,6,10,14-15H,4-5,7-8H2,1H3. The Morgan fingerprint density at radius 2 is 2.10 bits per heavy atom. The minimum atomic E-state index is -3.75. The summed E-state index contributed by atoms with van der Waals surface area (Å²) in [5, 5.41) is 3.39. The third-order valence-electron chi connectivity index (χ3n) is 3.25. The molecular weight excluding hydrogens is 336 g/mol. The molecule has 1 aliphatic heterocycles. The second kappa shape index (κ2) is 6.21. The minimum absolute atomic E-state index is 0.0197. The summed E-state index contributed by atoms with van der Waals surface area (Å²) in [6.07, 6.45) is 0.304. The van der Waals surface area contributed by atoms with Crippen LogP contribution >= 0.6 is 11.6 Å². The smallest absolute Gasteiger partial charge is 0.240 e. The highest BCUT2D eigenvalue weighted by Crippen LogP contribution is 2.21. The van der Waals surface area contributed by atoms with E-state index >= 15 is 0 Å². The van der Waals surface area contributed by atoms with E-state index in [0.29, 0.717) is 23.6 Å². The van der Waals surface area contributed by atoms with Crippen LogP contribution < -0.4 is 10.0 Å². The third-order valence-corrected chi connectivity index (χ3v) is 6.90. The summed E-state index contributed by atoms with van der Waals surface area (Å²) in [6.45, 7) is 0.444. The molecule has 1 atom stereocenters. The normalized spacial score (nSPS) is 21.5. The van der Waals surface area contributed by atoms with E-state index in [2.05, 4.69) is 10.0 Å². The number of halogens is 1. The molecule has 2 N–H and O–H groups in total. The van der Waals surface area contributed by atoms with E-state index in [-0.39, 0.29) is 16.4 Å². The molecule has 2 rings (SSSR count). The van der Waals surface area contributed by atoms with Crippen molar-refractivity contribution < 1.29 is 16.8 Å². The van der Waals surface area contributed by atoms with Crippen LogP contribution in [0.3, 0.4) is 0 Å². The van der Waals surface area contributed by atoms with Crippen molar-refractivity contribution in [1.82, 2.24) is 10.0 Å². The monoisotopic (exact) mass is 352 g/mol. The zero-order chi connectivity index (χ0) is 15.7. The Kier molecular flexibility index (Phi) is 4.94. The maximum Gasteiger partial charge on any atom is 0.240 e. The Balaban J connectivity index is 2.22. The van der Waals surface area contributed by atoms with Crippen molar-refractivity contribution in [2.75, 3.05) is 18.6 Å². The topological polar surface area (TPSA) is 92.3 Å². The van der Waals surface area contributed by atoms with Gasteiger partial charge in [0.05, 0.1) is 16.4 Å². The van der Waals surface area contributed by atoms with E-state index in [1.54, 1.807) is 7.05 Å². The molecule has 0 aromatic heterocycles. The van der Waals surface area contributed by atoms with Crippen LogP contribution in [0.5, 0.6) is 0 Å². The fraction of sp³-hybridized carbons (Fsp3) is 0.500. The Morgan fingerprint density at radius 3 is 2.67 bits per heavy atom. The molecule has 1 aromatic carbocycles. The molecule has 6 nitrogen and oxygen atoms in total. The van der Waals surface area contributed by atoms with Crippen LogP contribution in [0.2, 0.25) is 5.02 Å². The van der Waals surface area contributed by atoms with Crippen molar-refractivity contribution in [3.63, 3.8) is 0 Å². The van der Waals surface area contributed by atoms with Gasteiger partial charge in [0.15, 0.2) is 9.84 Å². The maximum atomic E-state index is 12.3. The summed E-state index contributed by atoms with van der Waals surface area (Å²) in [6, 6.07) is 3.86. The quantitative estimate of drug-likeness (QED) is 0.806. The van der Waals surface area contributed by atoms with Crippen molar-refractivity contribution in [2.24, 2.45) is 0 Å². The molecule has 0 amide bonds. The van der Waals surface area contributed by atoms with Crippen LogP contribution in [0, 0.1) is 0 Å². The first-order valence-electron chi connectivity index (χ1n) is 6.39. The highest BCUT2D eigenvalue weighted by atomic mass is 35.5. The summed E-state index contributed by atoms with van der Waals surface area (Å²) >= 11 is 6.00. The van der Waals surface area contributed by atoms with Gasteiger partial charge in [-0.15, -0.1) is 0 Å². The first kappa shape index (κ1) is 16.7. The van der Waals surface area contributed by atoms with Crippen molar-refractivity contribution in [2.45, 2.75) is 23.9 Å². The van der Waals surface area contributed by atoms with Crippen LogP contribution in [0.1, 0.15) is 12.0 Å². The molecule has 1 heterocycles. The van der Waals surface area contributed by atoms with Gasteiger partial charge in [0.2, 0.25) is 10.0 Å². The average molecular weight is 353 g/mol. The molecule has 0 radical (unpaired) electrons. The Bertz CT molecular complexity index is 732. The molecular formula is C12H17ClN2O4S2. The SMILES string of the molecule is CNCc1cc(S(=O)(=O)NC2CCS(=O)(=O)C2)ccc1Cl. The lowest BCUT2D eigenvalue weighted by molar-refractivity contribution is 0.562. The van der Waals surface area contributed by atoms with Gasteiger partial charge in [0.1, 0.15) is 0 Å². The number of sulfone groups is 1. The fourth-order valence-corrected chi connectivity index (χ4v) is 5.50. The number of hydrogen-bond acceptors (Lipinski definition) is 5. The summed E-state index contributed by atoms with van der Waals surface area (Å²) in [4.78, 5) is 0.0847. The van der Waals surface area contributed by atoms with Crippen LogP contribution in [0.4, 0.5) is 0 Å². The van der Waals surface area contributed by atoms with Gasteiger partial charge in [-0.2, -0.15) is 0 Å². The number of nitrogens with one attached hydrogen (secondary N) is 2. The van der Waals surface area contributed by atoms with Gasteiger partial charge >= 0.3 is 0 Å². The number of benzene rings is 1. The summed E-state index contributed by atoms with van der Waals surface area (Å²) in [5.41, 5.74) is 0.668. The zero-order valence-electron chi connectivity index (χ0n) is 11.5. The highest BCUT2D eigenvalue weighted by Gasteiger charge is 2.31. The van der Waals surface area contributed by atoms with Crippen molar-refractivity contribution >= 4 is 31.5 Å². The predicted molar refractivity (Wildman–Crippen MR) is 81.6 cm³/mol. The van der Waals surface area contributed by atoms with E-state index in [1.807, 2.05) is 0 Å². The van der Waals surface area contributed by atoms with E-state index in [0.717, 1.165) is 0 Å². The second-order valence-corrected chi connectivity index (χ2v) is 9.35. The first-order valence-corrected chi connectivity index (χ1v) is 10.1. The molecule has 0 aliphatic carbocycles. The first-order chi connectivity index (χ1) is 9.73. The highest BCUT2D eigenvalue weighted by molar-refractivity contribution is 7.92. The Labute approximate surface area is 129 Å². The number of hydrogen-bond donors (Lipinski definition) is 2. The van der Waals surface area contributed by atoms with E-state index < -0.39 is 25.9 Å². The molecule has 1 fully saturated rings. The zero-order valence-corrected chi connectivity index (χ0v) is 13.9. The van der Waals surface area contributed by atoms with Gasteiger partial charge in [0.25, 0.3) is 0 Å². The Hall–Kier alpha value is -0.670. The van der Waals surface area contributed by atoms with E-state index in [4.69, 9.17) is 11.6 Å². The van der Waals surface area contributed by atoms with Crippen molar-refractivity contribution in [1.29, 1.82) is 0 Å². The lowest BCUT2D eigenvalue weighted by atomic mass is 10.2. The summed E-state index contributed by atoms with van der Waals surface area (Å²) in [7, 11) is -5.15. The van der Waals surface area contributed by atoms with Gasteiger partial charge in [-0.1, -0.05) is 11.6 Å². The van der Waals surface area contributed by atoms with Gasteiger partial charge < -0.3 is 5.32 Å². The van der Waals surface area contributed by atoms with Crippen LogP contribution in [-0.2, 0) is 26.4 Å². The van der Waals surface area contributed by atoms with Crippen LogP contribution in [0.15, 0.2) is 23.1 Å². The molecule has 1 aliphatic rings. The lowest BCUT2D eigenvalue weighted by Crippen LogP contribution is -2.35. The average Bonchev–Trinajstić information content (AvgIpc) is 2.70. The number of rotatable bonds is 5. The van der Waals surface area contributed by atoms with Gasteiger partial charge in [-0.25, -0.2) is 21.6 Å². The molecule has 0 saturated carbocycles. The third kappa shape index (κ3) is 4.17. The van der Waals surface area contributed by atoms with E-state index in [1.165, 1.54) is 18.2 Å². The second-order valence-electron chi connectivity index (χ2n) is 5.00. The molecule has 21 heavy (non-hydrogen) atoms. The van der Waals surface area contributed by atoms with Crippen LogP contribution in [-0.4, -0.2) is 41.4 Å². The number of sulfonamides is 1. The van der Waals surface area contributed by atoms with Crippen LogP contribution in [0.25, 0.3) is 0 Å². The minimum Gasteiger partial charge on any atom is -0.316 e. The molecule has 1 unspecified atom stereocenters. The van der Waals surface area contributed by atoms with E-state index in [9.17, 15) is 16.8 Å². The molecule has 9 heteroatoms. The lowest BCUT2D eigenvalue weighted by Gasteiger charge is -2.13. The maximum absolute atomic E-state index is 12.3. The fourth-order valence-electron chi connectivity index (χ4n) is 2.22. The van der Waals surface area contributed by atoms with Gasteiger partial charge in [0, 0.05) is 17.6 Å². The van der Waals surface area contributed by atoms with Crippen molar-refractivity contribution in [3.05, 3.63) is 28.8 Å². The molecule has 1 saturated heterocycles. The van der Waals surface area contributed by atoms with Gasteiger partial charge in [-0.05, 0) is 37.2 Å².